The van der Waals surface area contributed by atoms with Crippen molar-refractivity contribution in [3.63, 3.8) is 0 Å². The molecule has 0 aliphatic carbocycles. The summed E-state index contributed by atoms with van der Waals surface area (Å²) in [5, 5.41) is 2.77. The molecule has 1 amide bonds. The lowest BCUT2D eigenvalue weighted by atomic mass is 10.2. The molecule has 5 heteroatoms. The fraction of sp³-hybridized carbons (Fsp3) is 0.188. The lowest BCUT2D eigenvalue weighted by Gasteiger charge is -2.16. The van der Waals surface area contributed by atoms with Crippen LogP contribution in [0.3, 0.4) is 0 Å². The van der Waals surface area contributed by atoms with Crippen molar-refractivity contribution in [3.8, 4) is 5.75 Å². The second-order valence-electron chi connectivity index (χ2n) is 4.69. The molecule has 1 unspecified atom stereocenters. The van der Waals surface area contributed by atoms with Crippen molar-refractivity contribution in [2.75, 3.05) is 5.32 Å². The average molecular weight is 352 g/mol. The van der Waals surface area contributed by atoms with Crippen molar-refractivity contribution in [1.29, 1.82) is 0 Å². The summed E-state index contributed by atoms with van der Waals surface area (Å²) in [6.07, 6.45) is -0.701. The summed E-state index contributed by atoms with van der Waals surface area (Å²) in [4.78, 5) is 12.1. The zero-order valence-electron chi connectivity index (χ0n) is 11.7. The van der Waals surface area contributed by atoms with Gasteiger partial charge < -0.3 is 10.1 Å². The molecular weight excluding hydrogens is 337 g/mol. The first kappa shape index (κ1) is 15.5. The van der Waals surface area contributed by atoms with E-state index in [1.54, 1.807) is 6.92 Å². The third-order valence-electron chi connectivity index (χ3n) is 2.89. The van der Waals surface area contributed by atoms with Crippen LogP contribution in [-0.2, 0) is 4.79 Å². The lowest BCUT2D eigenvalue weighted by Crippen LogP contribution is -2.30. The number of benzene rings is 2. The number of anilines is 1. The van der Waals surface area contributed by atoms with Gasteiger partial charge in [0.25, 0.3) is 5.91 Å². The van der Waals surface area contributed by atoms with Crippen molar-refractivity contribution in [2.45, 2.75) is 20.0 Å². The van der Waals surface area contributed by atoms with Gasteiger partial charge in [-0.2, -0.15) is 0 Å². The first-order valence-electron chi connectivity index (χ1n) is 6.45. The van der Waals surface area contributed by atoms with Crippen molar-refractivity contribution < 1.29 is 13.9 Å². The number of carbonyl (C=O) groups is 1. The summed E-state index contributed by atoms with van der Waals surface area (Å²) in [5.41, 5.74) is 1.83. The normalized spacial score (nSPS) is 11.8. The summed E-state index contributed by atoms with van der Waals surface area (Å²) in [7, 11) is 0. The first-order valence-corrected chi connectivity index (χ1v) is 7.24. The van der Waals surface area contributed by atoms with Gasteiger partial charge in [0.1, 0.15) is 11.6 Å². The molecule has 0 radical (unpaired) electrons. The number of hydrogen-bond donors (Lipinski definition) is 1. The predicted octanol–water partition coefficient (Wildman–Crippen LogP) is 4.30. The number of amides is 1. The van der Waals surface area contributed by atoms with E-state index in [1.165, 1.54) is 18.2 Å². The third kappa shape index (κ3) is 4.29. The highest BCUT2D eigenvalue weighted by Crippen LogP contribution is 2.26. The van der Waals surface area contributed by atoms with Crippen LogP contribution in [0.25, 0.3) is 0 Å². The minimum atomic E-state index is -0.701. The van der Waals surface area contributed by atoms with Gasteiger partial charge in [0.15, 0.2) is 6.10 Å². The average Bonchev–Trinajstić information content (AvgIpc) is 2.44. The molecule has 0 spiro atoms. The number of ether oxygens (including phenoxy) is 1. The quantitative estimate of drug-likeness (QED) is 0.891. The Balaban J connectivity index is 2.00. The molecule has 0 aliphatic heterocycles. The van der Waals surface area contributed by atoms with Crippen molar-refractivity contribution in [2.24, 2.45) is 0 Å². The molecule has 0 aromatic heterocycles. The second-order valence-corrected chi connectivity index (χ2v) is 5.54. The maximum Gasteiger partial charge on any atom is 0.265 e. The molecule has 0 aliphatic rings. The maximum absolute atomic E-state index is 13.0. The van der Waals surface area contributed by atoms with Crippen molar-refractivity contribution in [3.05, 3.63) is 58.3 Å². The number of rotatable bonds is 4. The Morgan fingerprint density at radius 2 is 1.90 bits per heavy atom. The topological polar surface area (TPSA) is 38.3 Å². The van der Waals surface area contributed by atoms with Crippen LogP contribution in [0.2, 0.25) is 0 Å². The SMILES string of the molecule is Cc1ccc(NC(=O)C(C)Oc2ccc(F)cc2Br)cc1. The largest absolute Gasteiger partial charge is 0.480 e. The Morgan fingerprint density at radius 1 is 1.24 bits per heavy atom. The summed E-state index contributed by atoms with van der Waals surface area (Å²) in [5.74, 6) is -0.219. The van der Waals surface area contributed by atoms with E-state index in [2.05, 4.69) is 21.2 Å². The molecule has 21 heavy (non-hydrogen) atoms. The molecule has 0 bridgehead atoms. The number of nitrogens with one attached hydrogen (secondary N) is 1. The van der Waals surface area contributed by atoms with Crippen molar-refractivity contribution in [1.82, 2.24) is 0 Å². The lowest BCUT2D eigenvalue weighted by molar-refractivity contribution is -0.122. The number of carbonyl (C=O) groups excluding carboxylic acids is 1. The van der Waals surface area contributed by atoms with Crippen LogP contribution in [0.1, 0.15) is 12.5 Å². The molecule has 2 aromatic rings. The molecule has 0 saturated carbocycles. The van der Waals surface area contributed by atoms with Crippen LogP contribution >= 0.6 is 15.9 Å². The first-order chi connectivity index (χ1) is 9.95. The fourth-order valence-corrected chi connectivity index (χ4v) is 2.14. The van der Waals surface area contributed by atoms with Gasteiger partial charge in [-0.05, 0) is 60.1 Å². The van der Waals surface area contributed by atoms with Gasteiger partial charge >= 0.3 is 0 Å². The van der Waals surface area contributed by atoms with E-state index in [0.717, 1.165) is 5.56 Å². The smallest absolute Gasteiger partial charge is 0.265 e. The molecule has 1 N–H and O–H groups in total. The van der Waals surface area contributed by atoms with E-state index in [-0.39, 0.29) is 11.7 Å². The molecule has 2 rings (SSSR count). The van der Waals surface area contributed by atoms with Crippen LogP contribution in [-0.4, -0.2) is 12.0 Å². The highest BCUT2D eigenvalue weighted by Gasteiger charge is 2.16. The van der Waals surface area contributed by atoms with E-state index in [1.807, 2.05) is 31.2 Å². The monoisotopic (exact) mass is 351 g/mol. The highest BCUT2D eigenvalue weighted by molar-refractivity contribution is 9.10. The molecule has 2 aromatic carbocycles. The van der Waals surface area contributed by atoms with E-state index < -0.39 is 6.10 Å². The summed E-state index contributed by atoms with van der Waals surface area (Å²) in [6, 6.07) is 11.5. The molecule has 0 fully saturated rings. The number of halogens is 2. The minimum absolute atomic E-state index is 0.268. The van der Waals surface area contributed by atoms with E-state index in [4.69, 9.17) is 4.74 Å². The zero-order chi connectivity index (χ0) is 15.4. The number of aryl methyl sites for hydroxylation is 1. The standard InChI is InChI=1S/C16H15BrFNO2/c1-10-3-6-13(7-4-10)19-16(20)11(2)21-15-8-5-12(18)9-14(15)17/h3-9,11H,1-2H3,(H,19,20). The van der Waals surface area contributed by atoms with Gasteiger partial charge in [0.05, 0.1) is 4.47 Å². The van der Waals surface area contributed by atoms with E-state index in [0.29, 0.717) is 15.9 Å². The van der Waals surface area contributed by atoms with Gasteiger partial charge in [0, 0.05) is 5.69 Å². The fourth-order valence-electron chi connectivity index (χ4n) is 1.70. The number of hydrogen-bond acceptors (Lipinski definition) is 2. The molecule has 110 valence electrons. The van der Waals surface area contributed by atoms with Crippen LogP contribution in [0.5, 0.6) is 5.75 Å². The Labute approximate surface area is 131 Å². The van der Waals surface area contributed by atoms with Crippen LogP contribution in [0.15, 0.2) is 46.9 Å². The Hall–Kier alpha value is -1.88. The van der Waals surface area contributed by atoms with Gasteiger partial charge in [-0.1, -0.05) is 17.7 Å². The van der Waals surface area contributed by atoms with E-state index >= 15 is 0 Å². The van der Waals surface area contributed by atoms with Crippen LogP contribution in [0.4, 0.5) is 10.1 Å². The Bertz CT molecular complexity index is 643. The van der Waals surface area contributed by atoms with Gasteiger partial charge in [-0.15, -0.1) is 0 Å². The van der Waals surface area contributed by atoms with E-state index in [9.17, 15) is 9.18 Å². The zero-order valence-corrected chi connectivity index (χ0v) is 13.3. The maximum atomic E-state index is 13.0. The Kier molecular flexibility index (Phi) is 4.96. The summed E-state index contributed by atoms with van der Waals surface area (Å²) in [6.45, 7) is 3.61. The third-order valence-corrected chi connectivity index (χ3v) is 3.51. The second kappa shape index (κ2) is 6.72. The Morgan fingerprint density at radius 3 is 2.52 bits per heavy atom. The van der Waals surface area contributed by atoms with Gasteiger partial charge in [0.2, 0.25) is 0 Å². The van der Waals surface area contributed by atoms with Crippen LogP contribution < -0.4 is 10.1 Å². The van der Waals surface area contributed by atoms with Gasteiger partial charge in [-0.25, -0.2) is 4.39 Å². The molecular formula is C16H15BrFNO2. The van der Waals surface area contributed by atoms with Crippen molar-refractivity contribution >= 4 is 27.5 Å². The molecule has 0 heterocycles. The van der Waals surface area contributed by atoms with Gasteiger partial charge in [-0.3, -0.25) is 4.79 Å². The molecule has 0 saturated heterocycles. The summed E-state index contributed by atoms with van der Waals surface area (Å²) >= 11 is 3.20. The predicted molar refractivity (Wildman–Crippen MR) is 84.0 cm³/mol. The summed E-state index contributed by atoms with van der Waals surface area (Å²) < 4.78 is 19.0. The van der Waals surface area contributed by atoms with Crippen LogP contribution in [0, 0.1) is 12.7 Å². The molecule has 1 atom stereocenters. The minimum Gasteiger partial charge on any atom is -0.480 e. The molecule has 3 nitrogen and oxygen atoms in total. The highest BCUT2D eigenvalue weighted by atomic mass is 79.9.